The second kappa shape index (κ2) is 4.23. The van der Waals surface area contributed by atoms with Gasteiger partial charge in [-0.2, -0.15) is 0 Å². The van der Waals surface area contributed by atoms with E-state index in [2.05, 4.69) is 10.3 Å². The van der Waals surface area contributed by atoms with Crippen molar-refractivity contribution in [1.82, 2.24) is 10.3 Å². The molecule has 0 spiro atoms. The summed E-state index contributed by atoms with van der Waals surface area (Å²) in [6.45, 7) is 1.82. The van der Waals surface area contributed by atoms with Crippen LogP contribution in [0.25, 0.3) is 10.2 Å². The third-order valence-electron chi connectivity index (χ3n) is 3.71. The lowest BCUT2D eigenvalue weighted by Crippen LogP contribution is -2.30. The molecular weight excluding hydrogens is 290 g/mol. The minimum atomic E-state index is -0.248. The van der Waals surface area contributed by atoms with E-state index in [1.807, 2.05) is 25.1 Å². The maximum atomic E-state index is 12.1. The Labute approximate surface area is 125 Å². The Kier molecular flexibility index (Phi) is 2.59. The molecule has 1 aliphatic carbocycles. The highest BCUT2D eigenvalue weighted by atomic mass is 32.1. The number of benzene rings is 1. The summed E-state index contributed by atoms with van der Waals surface area (Å²) >= 11 is 6.97. The van der Waals surface area contributed by atoms with Crippen LogP contribution in [-0.4, -0.2) is 22.0 Å². The van der Waals surface area contributed by atoms with Crippen LogP contribution in [0.4, 0.5) is 5.69 Å². The maximum Gasteiger partial charge on any atom is 0.255 e. The van der Waals surface area contributed by atoms with Gasteiger partial charge in [-0.25, -0.2) is 4.98 Å². The number of hydrogen-bond acceptors (Lipinski definition) is 4. The number of carbonyl (C=O) groups excluding carboxylic acids is 1. The number of hydrogen-bond donors (Lipinski definition) is 1. The molecule has 1 saturated heterocycles. The number of fused-ring (bicyclic) bond motifs is 1. The molecule has 0 radical (unpaired) electrons. The summed E-state index contributed by atoms with van der Waals surface area (Å²) in [5.41, 5.74) is 1.84. The van der Waals surface area contributed by atoms with Gasteiger partial charge in [0, 0.05) is 5.92 Å². The fourth-order valence-corrected chi connectivity index (χ4v) is 3.97. The van der Waals surface area contributed by atoms with Crippen molar-refractivity contribution in [1.29, 1.82) is 0 Å². The highest BCUT2D eigenvalue weighted by Crippen LogP contribution is 2.43. The molecule has 1 aromatic heterocycles. The highest BCUT2D eigenvalue weighted by Gasteiger charge is 2.33. The van der Waals surface area contributed by atoms with Crippen molar-refractivity contribution >= 4 is 50.5 Å². The van der Waals surface area contributed by atoms with E-state index in [1.165, 1.54) is 17.8 Å². The van der Waals surface area contributed by atoms with Crippen LogP contribution < -0.4 is 10.2 Å². The van der Waals surface area contributed by atoms with Crippen molar-refractivity contribution in [3.63, 3.8) is 0 Å². The van der Waals surface area contributed by atoms with E-state index in [-0.39, 0.29) is 11.9 Å². The van der Waals surface area contributed by atoms with Crippen molar-refractivity contribution in [2.45, 2.75) is 31.7 Å². The zero-order valence-corrected chi connectivity index (χ0v) is 12.6. The van der Waals surface area contributed by atoms with Crippen molar-refractivity contribution < 1.29 is 4.79 Å². The minimum absolute atomic E-state index is 0.00119. The molecule has 1 N–H and O–H groups in total. The molecule has 6 heteroatoms. The summed E-state index contributed by atoms with van der Waals surface area (Å²) in [5.74, 6) is 0.660. The van der Waals surface area contributed by atoms with E-state index >= 15 is 0 Å². The first-order chi connectivity index (χ1) is 9.63. The molecule has 2 heterocycles. The van der Waals surface area contributed by atoms with E-state index in [0.717, 1.165) is 15.9 Å². The first kappa shape index (κ1) is 12.2. The lowest BCUT2D eigenvalue weighted by atomic mass is 10.2. The summed E-state index contributed by atoms with van der Waals surface area (Å²) in [4.78, 5) is 18.4. The lowest BCUT2D eigenvalue weighted by Gasteiger charge is -2.14. The predicted molar refractivity (Wildman–Crippen MR) is 84.3 cm³/mol. The Morgan fingerprint density at radius 2 is 2.25 bits per heavy atom. The van der Waals surface area contributed by atoms with Crippen molar-refractivity contribution in [3.8, 4) is 0 Å². The van der Waals surface area contributed by atoms with Crippen LogP contribution in [0.2, 0.25) is 0 Å². The second-order valence-corrected chi connectivity index (χ2v) is 6.77. The molecular formula is C14H13N3OS2. The molecule has 1 atom stereocenters. The number of anilines is 1. The number of aromatic nitrogens is 1. The van der Waals surface area contributed by atoms with Gasteiger partial charge in [0.05, 0.1) is 20.9 Å². The quantitative estimate of drug-likeness (QED) is 0.867. The van der Waals surface area contributed by atoms with E-state index in [1.54, 1.807) is 16.2 Å². The van der Waals surface area contributed by atoms with E-state index in [9.17, 15) is 4.79 Å². The molecule has 1 amide bonds. The Balaban J connectivity index is 1.76. The first-order valence-corrected chi connectivity index (χ1v) is 7.91. The zero-order chi connectivity index (χ0) is 13.9. The van der Waals surface area contributed by atoms with Gasteiger partial charge in [-0.15, -0.1) is 11.3 Å². The largest absolute Gasteiger partial charge is 0.350 e. The zero-order valence-electron chi connectivity index (χ0n) is 10.9. The summed E-state index contributed by atoms with van der Waals surface area (Å²) < 4.78 is 1.12. The predicted octanol–water partition coefficient (Wildman–Crippen LogP) is 2.78. The van der Waals surface area contributed by atoms with E-state index in [0.29, 0.717) is 11.0 Å². The Morgan fingerprint density at radius 3 is 2.90 bits per heavy atom. The van der Waals surface area contributed by atoms with Crippen LogP contribution in [0, 0.1) is 0 Å². The number of nitrogens with zero attached hydrogens (tertiary/aromatic N) is 2. The van der Waals surface area contributed by atoms with Crippen molar-refractivity contribution in [3.05, 3.63) is 23.2 Å². The highest BCUT2D eigenvalue weighted by molar-refractivity contribution is 7.80. The fourth-order valence-electron chi connectivity index (χ4n) is 2.42. The van der Waals surface area contributed by atoms with Crippen LogP contribution >= 0.6 is 23.6 Å². The molecule has 1 unspecified atom stereocenters. The van der Waals surface area contributed by atoms with Crippen LogP contribution in [0.5, 0.6) is 0 Å². The van der Waals surface area contributed by atoms with Crippen LogP contribution in [0.15, 0.2) is 18.2 Å². The Morgan fingerprint density at radius 1 is 1.45 bits per heavy atom. The SMILES string of the molecule is CC1NC(=S)N(c2ccc3nc(C4CC4)sc3c2)C1=O. The van der Waals surface area contributed by atoms with Crippen LogP contribution in [-0.2, 0) is 4.79 Å². The number of carbonyl (C=O) groups is 1. The first-order valence-electron chi connectivity index (χ1n) is 6.68. The van der Waals surface area contributed by atoms with Gasteiger partial charge in [0.15, 0.2) is 5.11 Å². The molecule has 1 aromatic carbocycles. The standard InChI is InChI=1S/C14H13N3OS2/c1-7-13(18)17(14(19)15-7)9-4-5-10-11(6-9)20-12(16-10)8-2-3-8/h4-8H,2-3H2,1H3,(H,15,19). The molecule has 4 rings (SSSR count). The van der Waals surface area contributed by atoms with Crippen molar-refractivity contribution in [2.24, 2.45) is 0 Å². The Bertz CT molecular complexity index is 735. The molecule has 0 bridgehead atoms. The number of thiazole rings is 1. The lowest BCUT2D eigenvalue weighted by molar-refractivity contribution is -0.117. The van der Waals surface area contributed by atoms with Gasteiger partial charge < -0.3 is 5.32 Å². The van der Waals surface area contributed by atoms with Gasteiger partial charge in [-0.3, -0.25) is 9.69 Å². The van der Waals surface area contributed by atoms with E-state index in [4.69, 9.17) is 12.2 Å². The molecule has 4 nitrogen and oxygen atoms in total. The molecule has 102 valence electrons. The molecule has 1 aliphatic heterocycles. The third kappa shape index (κ3) is 1.83. The average Bonchev–Trinajstić information content (AvgIpc) is 3.13. The molecule has 20 heavy (non-hydrogen) atoms. The topological polar surface area (TPSA) is 45.2 Å². The molecule has 2 aliphatic rings. The van der Waals surface area contributed by atoms with E-state index < -0.39 is 0 Å². The number of rotatable bonds is 2. The molecule has 2 aromatic rings. The minimum Gasteiger partial charge on any atom is -0.350 e. The van der Waals surface area contributed by atoms with Crippen molar-refractivity contribution in [2.75, 3.05) is 4.90 Å². The van der Waals surface area contributed by atoms with Gasteiger partial charge in [0.2, 0.25) is 0 Å². The summed E-state index contributed by atoms with van der Waals surface area (Å²) in [7, 11) is 0. The van der Waals surface area contributed by atoms with Crippen LogP contribution in [0.1, 0.15) is 30.7 Å². The normalized spacial score (nSPS) is 22.6. The van der Waals surface area contributed by atoms with Gasteiger partial charge in [-0.05, 0) is 50.2 Å². The second-order valence-electron chi connectivity index (χ2n) is 5.32. The molecule has 1 saturated carbocycles. The fraction of sp³-hybridized carbons (Fsp3) is 0.357. The van der Waals surface area contributed by atoms with Gasteiger partial charge in [-0.1, -0.05) is 0 Å². The number of amides is 1. The van der Waals surface area contributed by atoms with Crippen LogP contribution in [0.3, 0.4) is 0 Å². The van der Waals surface area contributed by atoms with Gasteiger partial charge >= 0.3 is 0 Å². The smallest absolute Gasteiger partial charge is 0.255 e. The average molecular weight is 303 g/mol. The van der Waals surface area contributed by atoms with Gasteiger partial charge in [0.25, 0.3) is 5.91 Å². The summed E-state index contributed by atoms with van der Waals surface area (Å²) in [5, 5.41) is 4.69. The molecule has 2 fully saturated rings. The maximum absolute atomic E-state index is 12.1. The number of nitrogens with one attached hydrogen (secondary N) is 1. The Hall–Kier alpha value is -1.53. The summed E-state index contributed by atoms with van der Waals surface area (Å²) in [6, 6.07) is 5.67. The monoisotopic (exact) mass is 303 g/mol. The number of thiocarbonyl (C=S) groups is 1. The van der Waals surface area contributed by atoms with Gasteiger partial charge in [0.1, 0.15) is 6.04 Å². The summed E-state index contributed by atoms with van der Waals surface area (Å²) in [6.07, 6.45) is 2.51. The third-order valence-corrected chi connectivity index (χ3v) is 5.19.